The van der Waals surface area contributed by atoms with Gasteiger partial charge in [0.15, 0.2) is 0 Å². The Morgan fingerprint density at radius 1 is 1.47 bits per heavy atom. The molecule has 0 aromatic heterocycles. The smallest absolute Gasteiger partial charge is 0.0545 e. The number of halogens is 1. The van der Waals surface area contributed by atoms with Crippen LogP contribution in [0.2, 0.25) is 0 Å². The average molecular weight is 318 g/mol. The molecule has 3 unspecified atom stereocenters. The molecule has 0 radical (unpaired) electrons. The fraction of sp³-hybridized carbons (Fsp3) is 0.538. The SMILES string of the molecule is CCC(C)C(CS(=O)c1cccc(Br)c1)NC. The van der Waals surface area contributed by atoms with E-state index in [4.69, 9.17) is 0 Å². The molecule has 0 fully saturated rings. The largest absolute Gasteiger partial charge is 0.316 e. The molecular weight excluding hydrogens is 298 g/mol. The molecule has 0 saturated heterocycles. The Balaban J connectivity index is 2.71. The second-order valence-electron chi connectivity index (χ2n) is 4.25. The summed E-state index contributed by atoms with van der Waals surface area (Å²) in [5, 5.41) is 3.26. The van der Waals surface area contributed by atoms with E-state index in [2.05, 4.69) is 35.1 Å². The van der Waals surface area contributed by atoms with Crippen LogP contribution in [-0.2, 0) is 10.8 Å². The summed E-state index contributed by atoms with van der Waals surface area (Å²) in [4.78, 5) is 0.892. The summed E-state index contributed by atoms with van der Waals surface area (Å²) in [6.45, 7) is 4.36. The minimum absolute atomic E-state index is 0.305. The number of benzene rings is 1. The van der Waals surface area contributed by atoms with Gasteiger partial charge in [0.1, 0.15) is 0 Å². The van der Waals surface area contributed by atoms with Crippen LogP contribution < -0.4 is 5.32 Å². The van der Waals surface area contributed by atoms with Crippen molar-refractivity contribution in [2.75, 3.05) is 12.8 Å². The lowest BCUT2D eigenvalue weighted by Crippen LogP contribution is -2.36. The lowest BCUT2D eigenvalue weighted by atomic mass is 10.0. The van der Waals surface area contributed by atoms with Crippen molar-refractivity contribution in [1.82, 2.24) is 5.32 Å². The molecule has 0 aliphatic rings. The van der Waals surface area contributed by atoms with Crippen molar-refractivity contribution >= 4 is 26.7 Å². The van der Waals surface area contributed by atoms with E-state index >= 15 is 0 Å². The minimum Gasteiger partial charge on any atom is -0.316 e. The zero-order chi connectivity index (χ0) is 12.8. The van der Waals surface area contributed by atoms with Crippen LogP contribution in [0.25, 0.3) is 0 Å². The molecule has 0 saturated carbocycles. The molecule has 0 aliphatic heterocycles. The summed E-state index contributed by atoms with van der Waals surface area (Å²) in [6, 6.07) is 8.03. The van der Waals surface area contributed by atoms with Crippen LogP contribution in [0.1, 0.15) is 20.3 Å². The monoisotopic (exact) mass is 317 g/mol. The van der Waals surface area contributed by atoms with E-state index < -0.39 is 10.8 Å². The van der Waals surface area contributed by atoms with Gasteiger partial charge >= 0.3 is 0 Å². The van der Waals surface area contributed by atoms with Crippen molar-refractivity contribution in [1.29, 1.82) is 0 Å². The maximum absolute atomic E-state index is 12.2. The van der Waals surface area contributed by atoms with Crippen molar-refractivity contribution in [3.8, 4) is 0 Å². The van der Waals surface area contributed by atoms with E-state index in [0.717, 1.165) is 15.8 Å². The Bertz CT molecular complexity index is 383. The van der Waals surface area contributed by atoms with E-state index in [0.29, 0.717) is 17.7 Å². The highest BCUT2D eigenvalue weighted by Crippen LogP contribution is 2.17. The van der Waals surface area contributed by atoms with E-state index in [1.54, 1.807) is 0 Å². The molecule has 96 valence electrons. The van der Waals surface area contributed by atoms with E-state index in [9.17, 15) is 4.21 Å². The predicted octanol–water partition coefficient (Wildman–Crippen LogP) is 3.19. The zero-order valence-corrected chi connectivity index (χ0v) is 13.0. The lowest BCUT2D eigenvalue weighted by Gasteiger charge is -2.21. The Kier molecular flexibility index (Phi) is 6.38. The molecule has 0 amide bonds. The average Bonchev–Trinajstić information content (AvgIpc) is 2.34. The second kappa shape index (κ2) is 7.29. The Morgan fingerprint density at radius 3 is 2.71 bits per heavy atom. The summed E-state index contributed by atoms with van der Waals surface area (Å²) < 4.78 is 13.2. The normalized spacial score (nSPS) is 16.5. The first kappa shape index (κ1) is 14.9. The van der Waals surface area contributed by atoms with Gasteiger partial charge in [-0.05, 0) is 31.2 Å². The first-order valence-corrected chi connectivity index (χ1v) is 8.00. The molecule has 0 heterocycles. The predicted molar refractivity (Wildman–Crippen MR) is 77.7 cm³/mol. The molecule has 4 heteroatoms. The zero-order valence-electron chi connectivity index (χ0n) is 10.6. The molecular formula is C13H20BrNOS. The number of hydrogen-bond acceptors (Lipinski definition) is 2. The number of nitrogens with one attached hydrogen (secondary N) is 1. The summed E-state index contributed by atoms with van der Waals surface area (Å²) in [6.07, 6.45) is 1.10. The first-order chi connectivity index (χ1) is 8.08. The Morgan fingerprint density at radius 2 is 2.18 bits per heavy atom. The molecule has 1 aromatic carbocycles. The van der Waals surface area contributed by atoms with Gasteiger partial charge in [-0.25, -0.2) is 0 Å². The van der Waals surface area contributed by atoms with E-state index in [1.165, 1.54) is 0 Å². The van der Waals surface area contributed by atoms with Gasteiger partial charge in [0.25, 0.3) is 0 Å². The van der Waals surface area contributed by atoms with Gasteiger partial charge in [0.2, 0.25) is 0 Å². The summed E-state index contributed by atoms with van der Waals surface area (Å²) in [7, 11) is 1.00. The van der Waals surface area contributed by atoms with Gasteiger partial charge in [0, 0.05) is 21.2 Å². The van der Waals surface area contributed by atoms with Gasteiger partial charge in [-0.1, -0.05) is 42.3 Å². The third kappa shape index (κ3) is 4.53. The third-order valence-corrected chi connectivity index (χ3v) is 5.03. The maximum atomic E-state index is 12.2. The van der Waals surface area contributed by atoms with Crippen molar-refractivity contribution in [2.45, 2.75) is 31.2 Å². The first-order valence-electron chi connectivity index (χ1n) is 5.89. The summed E-state index contributed by atoms with van der Waals surface area (Å²) in [5.74, 6) is 1.21. The van der Waals surface area contributed by atoms with Crippen LogP contribution in [0.4, 0.5) is 0 Å². The molecule has 0 aliphatic carbocycles. The minimum atomic E-state index is -0.938. The van der Waals surface area contributed by atoms with Gasteiger partial charge in [-0.15, -0.1) is 0 Å². The fourth-order valence-corrected chi connectivity index (χ4v) is 3.74. The van der Waals surface area contributed by atoms with Gasteiger partial charge < -0.3 is 5.32 Å². The molecule has 0 bridgehead atoms. The molecule has 3 atom stereocenters. The number of rotatable bonds is 6. The van der Waals surface area contributed by atoms with Gasteiger partial charge in [-0.3, -0.25) is 4.21 Å². The topological polar surface area (TPSA) is 29.1 Å². The van der Waals surface area contributed by atoms with Crippen molar-refractivity contribution < 1.29 is 4.21 Å². The Hall–Kier alpha value is -0.190. The van der Waals surface area contributed by atoms with Crippen LogP contribution >= 0.6 is 15.9 Å². The highest BCUT2D eigenvalue weighted by Gasteiger charge is 2.17. The molecule has 0 spiro atoms. The van der Waals surface area contributed by atoms with Crippen molar-refractivity contribution in [3.05, 3.63) is 28.7 Å². The van der Waals surface area contributed by atoms with Gasteiger partial charge in [-0.2, -0.15) is 0 Å². The molecule has 17 heavy (non-hydrogen) atoms. The number of hydrogen-bond donors (Lipinski definition) is 1. The second-order valence-corrected chi connectivity index (χ2v) is 6.66. The highest BCUT2D eigenvalue weighted by atomic mass is 79.9. The van der Waals surface area contributed by atoms with Crippen molar-refractivity contribution in [2.24, 2.45) is 5.92 Å². The lowest BCUT2D eigenvalue weighted by molar-refractivity contribution is 0.418. The Labute approximate surface area is 115 Å². The van der Waals surface area contributed by atoms with Crippen LogP contribution in [0, 0.1) is 5.92 Å². The van der Waals surface area contributed by atoms with E-state index in [1.807, 2.05) is 31.3 Å². The molecule has 1 aromatic rings. The highest BCUT2D eigenvalue weighted by molar-refractivity contribution is 9.10. The van der Waals surface area contributed by atoms with Crippen LogP contribution in [-0.4, -0.2) is 23.1 Å². The van der Waals surface area contributed by atoms with Crippen LogP contribution in [0.5, 0.6) is 0 Å². The van der Waals surface area contributed by atoms with Crippen LogP contribution in [0.3, 0.4) is 0 Å². The van der Waals surface area contributed by atoms with Crippen molar-refractivity contribution in [3.63, 3.8) is 0 Å². The fourth-order valence-electron chi connectivity index (χ4n) is 1.68. The standard InChI is InChI=1S/C13H20BrNOS/c1-4-10(2)13(15-3)9-17(16)12-7-5-6-11(14)8-12/h5-8,10,13,15H,4,9H2,1-3H3. The third-order valence-electron chi connectivity index (χ3n) is 3.09. The van der Waals surface area contributed by atoms with E-state index in [-0.39, 0.29) is 0 Å². The summed E-state index contributed by atoms with van der Waals surface area (Å²) in [5.41, 5.74) is 0. The summed E-state index contributed by atoms with van der Waals surface area (Å²) >= 11 is 3.41. The quantitative estimate of drug-likeness (QED) is 0.873. The molecule has 1 rings (SSSR count). The molecule has 1 N–H and O–H groups in total. The van der Waals surface area contributed by atoms with Crippen LogP contribution in [0.15, 0.2) is 33.6 Å². The van der Waals surface area contributed by atoms with Gasteiger partial charge in [0.05, 0.1) is 10.8 Å². The maximum Gasteiger partial charge on any atom is 0.0545 e. The molecule has 2 nitrogen and oxygen atoms in total.